The third kappa shape index (κ3) is 4.03. The highest BCUT2D eigenvalue weighted by Crippen LogP contribution is 2.29. The summed E-state index contributed by atoms with van der Waals surface area (Å²) in [6.07, 6.45) is 2.42. The molecule has 0 spiro atoms. The first-order chi connectivity index (χ1) is 8.72. The summed E-state index contributed by atoms with van der Waals surface area (Å²) in [4.78, 5) is 8.37. The van der Waals surface area contributed by atoms with Crippen molar-refractivity contribution < 1.29 is 9.47 Å². The maximum absolute atomic E-state index is 5.35. The molecule has 0 fully saturated rings. The number of ether oxygens (including phenoxy) is 2. The lowest BCUT2D eigenvalue weighted by Gasteiger charge is -2.17. The maximum Gasteiger partial charge on any atom is 0.204 e. The molecule has 18 heavy (non-hydrogen) atoms. The predicted octanol–water partition coefficient (Wildman–Crippen LogP) is 1.75. The molecule has 0 aliphatic heterocycles. The highest BCUT2D eigenvalue weighted by Gasteiger charge is 2.13. The van der Waals surface area contributed by atoms with Crippen LogP contribution in [-0.2, 0) is 4.74 Å². The topological polar surface area (TPSA) is 68.3 Å². The van der Waals surface area contributed by atoms with E-state index in [1.165, 1.54) is 6.33 Å². The molecular weight excluding hydrogens is 232 g/mol. The van der Waals surface area contributed by atoms with Gasteiger partial charge in [-0.2, -0.15) is 0 Å². The van der Waals surface area contributed by atoms with Crippen molar-refractivity contribution in [3.8, 4) is 5.75 Å². The molecule has 0 aliphatic rings. The van der Waals surface area contributed by atoms with E-state index in [9.17, 15) is 0 Å². The molecule has 0 saturated carbocycles. The zero-order chi connectivity index (χ0) is 13.4. The summed E-state index contributed by atoms with van der Waals surface area (Å²) in [5, 5.41) is 6.44. The van der Waals surface area contributed by atoms with Crippen LogP contribution in [0.4, 0.5) is 11.6 Å². The third-order valence-electron chi connectivity index (χ3n) is 2.49. The van der Waals surface area contributed by atoms with Gasteiger partial charge in [-0.3, -0.25) is 0 Å². The van der Waals surface area contributed by atoms with Gasteiger partial charge in [-0.05, 0) is 20.3 Å². The Morgan fingerprint density at radius 2 is 2.00 bits per heavy atom. The molecule has 0 saturated heterocycles. The van der Waals surface area contributed by atoms with Gasteiger partial charge in [0.05, 0.1) is 7.11 Å². The average molecular weight is 254 g/mol. The average Bonchev–Trinajstić information content (AvgIpc) is 2.37. The van der Waals surface area contributed by atoms with Crippen molar-refractivity contribution in [2.45, 2.75) is 26.3 Å². The van der Waals surface area contributed by atoms with E-state index in [1.807, 2.05) is 6.92 Å². The molecule has 0 radical (unpaired) electrons. The molecule has 1 rings (SSSR count). The minimum Gasteiger partial charge on any atom is -0.490 e. The molecule has 1 heterocycles. The Morgan fingerprint density at radius 3 is 2.61 bits per heavy atom. The van der Waals surface area contributed by atoms with E-state index in [1.54, 1.807) is 14.2 Å². The number of nitrogens with one attached hydrogen (secondary N) is 2. The number of hydrogen-bond donors (Lipinski definition) is 2. The Bertz CT molecular complexity index is 360. The standard InChI is InChI=1S/C12H22N4O2/c1-5-13-11-10(18-4)12(15-8-14-11)16-9(2)6-7-17-3/h8-9H,5-7H2,1-4H3,(H2,13,14,15,16). The largest absolute Gasteiger partial charge is 0.490 e. The van der Waals surface area contributed by atoms with Crippen LogP contribution >= 0.6 is 0 Å². The Kier molecular flexibility index (Phi) is 6.21. The van der Waals surface area contributed by atoms with Crippen molar-refractivity contribution >= 4 is 11.6 Å². The molecule has 0 bridgehead atoms. The maximum atomic E-state index is 5.35. The molecule has 2 N–H and O–H groups in total. The van der Waals surface area contributed by atoms with Crippen LogP contribution in [0.3, 0.4) is 0 Å². The van der Waals surface area contributed by atoms with Gasteiger partial charge in [0.25, 0.3) is 0 Å². The fourth-order valence-corrected chi connectivity index (χ4v) is 1.56. The smallest absolute Gasteiger partial charge is 0.204 e. The van der Waals surface area contributed by atoms with Gasteiger partial charge in [-0.25, -0.2) is 9.97 Å². The summed E-state index contributed by atoms with van der Waals surface area (Å²) in [5.74, 6) is 2.05. The van der Waals surface area contributed by atoms with Crippen LogP contribution in [0.25, 0.3) is 0 Å². The minimum absolute atomic E-state index is 0.253. The summed E-state index contributed by atoms with van der Waals surface area (Å²) < 4.78 is 10.4. The lowest BCUT2D eigenvalue weighted by Crippen LogP contribution is -2.19. The third-order valence-corrected chi connectivity index (χ3v) is 2.49. The summed E-state index contributed by atoms with van der Waals surface area (Å²) in [5.41, 5.74) is 0. The van der Waals surface area contributed by atoms with Crippen LogP contribution in [0.2, 0.25) is 0 Å². The van der Waals surface area contributed by atoms with Crippen molar-refractivity contribution in [3.05, 3.63) is 6.33 Å². The van der Waals surface area contributed by atoms with Gasteiger partial charge in [-0.1, -0.05) is 0 Å². The van der Waals surface area contributed by atoms with E-state index >= 15 is 0 Å². The summed E-state index contributed by atoms with van der Waals surface area (Å²) in [7, 11) is 3.31. The zero-order valence-corrected chi connectivity index (χ0v) is 11.5. The van der Waals surface area contributed by atoms with Crippen LogP contribution in [-0.4, -0.2) is 43.4 Å². The van der Waals surface area contributed by atoms with Crippen LogP contribution in [0.1, 0.15) is 20.3 Å². The van der Waals surface area contributed by atoms with E-state index in [4.69, 9.17) is 9.47 Å². The lowest BCUT2D eigenvalue weighted by molar-refractivity contribution is 0.191. The van der Waals surface area contributed by atoms with Crippen LogP contribution in [0, 0.1) is 0 Å². The van der Waals surface area contributed by atoms with Gasteiger partial charge in [0.1, 0.15) is 6.33 Å². The van der Waals surface area contributed by atoms with Gasteiger partial charge in [0.15, 0.2) is 11.6 Å². The molecule has 1 atom stereocenters. The first kappa shape index (κ1) is 14.5. The van der Waals surface area contributed by atoms with Gasteiger partial charge >= 0.3 is 0 Å². The SMILES string of the molecule is CCNc1ncnc(NC(C)CCOC)c1OC. The molecule has 1 aromatic rings. The first-order valence-corrected chi connectivity index (χ1v) is 6.11. The highest BCUT2D eigenvalue weighted by atomic mass is 16.5. The van der Waals surface area contributed by atoms with E-state index in [2.05, 4.69) is 27.5 Å². The van der Waals surface area contributed by atoms with Crippen molar-refractivity contribution in [2.24, 2.45) is 0 Å². The van der Waals surface area contributed by atoms with Crippen LogP contribution < -0.4 is 15.4 Å². The fraction of sp³-hybridized carbons (Fsp3) is 0.667. The van der Waals surface area contributed by atoms with Crippen LogP contribution in [0.15, 0.2) is 6.33 Å². The van der Waals surface area contributed by atoms with Gasteiger partial charge in [-0.15, -0.1) is 0 Å². The highest BCUT2D eigenvalue weighted by molar-refractivity contribution is 5.63. The Hall–Kier alpha value is -1.56. The normalized spacial score (nSPS) is 12.0. The molecule has 0 amide bonds. The molecule has 1 aromatic heterocycles. The second-order valence-electron chi connectivity index (χ2n) is 3.96. The number of anilines is 2. The van der Waals surface area contributed by atoms with Gasteiger partial charge < -0.3 is 20.1 Å². The van der Waals surface area contributed by atoms with Crippen molar-refractivity contribution in [2.75, 3.05) is 38.0 Å². The molecule has 1 unspecified atom stereocenters. The number of nitrogens with zero attached hydrogens (tertiary/aromatic N) is 2. The molecular formula is C12H22N4O2. The molecule has 6 heteroatoms. The van der Waals surface area contributed by atoms with E-state index in [0.29, 0.717) is 24.0 Å². The second-order valence-corrected chi connectivity index (χ2v) is 3.96. The van der Waals surface area contributed by atoms with Crippen molar-refractivity contribution in [1.82, 2.24) is 9.97 Å². The van der Waals surface area contributed by atoms with Crippen LogP contribution in [0.5, 0.6) is 5.75 Å². The Morgan fingerprint density at radius 1 is 1.28 bits per heavy atom. The Balaban J connectivity index is 2.77. The van der Waals surface area contributed by atoms with Crippen molar-refractivity contribution in [3.63, 3.8) is 0 Å². The van der Waals surface area contributed by atoms with E-state index in [0.717, 1.165) is 13.0 Å². The number of methoxy groups -OCH3 is 2. The predicted molar refractivity (Wildman–Crippen MR) is 72.3 cm³/mol. The number of aromatic nitrogens is 2. The molecule has 6 nitrogen and oxygen atoms in total. The fourth-order valence-electron chi connectivity index (χ4n) is 1.56. The van der Waals surface area contributed by atoms with Crippen molar-refractivity contribution in [1.29, 1.82) is 0 Å². The lowest BCUT2D eigenvalue weighted by atomic mass is 10.2. The summed E-state index contributed by atoms with van der Waals surface area (Å²) in [6.45, 7) is 5.58. The number of hydrogen-bond acceptors (Lipinski definition) is 6. The van der Waals surface area contributed by atoms with Gasteiger partial charge in [0, 0.05) is 26.3 Å². The second kappa shape index (κ2) is 7.71. The summed E-state index contributed by atoms with van der Waals surface area (Å²) in [6, 6.07) is 0.253. The quantitative estimate of drug-likeness (QED) is 0.736. The number of rotatable bonds is 8. The molecule has 102 valence electrons. The first-order valence-electron chi connectivity index (χ1n) is 6.11. The van der Waals surface area contributed by atoms with E-state index < -0.39 is 0 Å². The minimum atomic E-state index is 0.253. The Labute approximate surface area is 108 Å². The van der Waals surface area contributed by atoms with Gasteiger partial charge in [0.2, 0.25) is 5.75 Å². The zero-order valence-electron chi connectivity index (χ0n) is 11.5. The monoisotopic (exact) mass is 254 g/mol. The molecule has 0 aliphatic carbocycles. The van der Waals surface area contributed by atoms with E-state index in [-0.39, 0.29) is 6.04 Å². The molecule has 0 aromatic carbocycles. The summed E-state index contributed by atoms with van der Waals surface area (Å²) >= 11 is 0.